The molecule has 5 heteroatoms. The molecule has 4 rings (SSSR count). The maximum absolute atomic E-state index is 15.0. The van der Waals surface area contributed by atoms with Gasteiger partial charge < -0.3 is 9.64 Å². The molecule has 0 bridgehead atoms. The lowest BCUT2D eigenvalue weighted by atomic mass is 9.79. The van der Waals surface area contributed by atoms with Crippen LogP contribution in [0.25, 0.3) is 0 Å². The zero-order valence-electron chi connectivity index (χ0n) is 18.9. The molecular formula is C27H28ClFN2O. The van der Waals surface area contributed by atoms with Gasteiger partial charge in [0.2, 0.25) is 0 Å². The highest BCUT2D eigenvalue weighted by molar-refractivity contribution is 6.32. The molecule has 0 spiro atoms. The Bertz CT molecular complexity index is 1140. The molecule has 3 aromatic rings. The third-order valence-electron chi connectivity index (χ3n) is 6.07. The third-order valence-corrected chi connectivity index (χ3v) is 6.39. The summed E-state index contributed by atoms with van der Waals surface area (Å²) in [6.07, 6.45) is 2.63. The van der Waals surface area contributed by atoms with E-state index in [-0.39, 0.29) is 11.4 Å². The maximum Gasteiger partial charge on any atom is 0.146 e. The van der Waals surface area contributed by atoms with Crippen LogP contribution in [0.3, 0.4) is 0 Å². The SMILES string of the molecule is CCN1c2cc(F)c(C=Nc3ccc(Oc4ccccc4Cl)cc3)cc2C(C)CC1(C)C. The van der Waals surface area contributed by atoms with Gasteiger partial charge in [-0.05, 0) is 87.2 Å². The first kappa shape index (κ1) is 22.3. The highest BCUT2D eigenvalue weighted by Gasteiger charge is 2.36. The van der Waals surface area contributed by atoms with Gasteiger partial charge in [-0.25, -0.2) is 4.39 Å². The topological polar surface area (TPSA) is 24.8 Å². The quantitative estimate of drug-likeness (QED) is 0.366. The standard InChI is InChI=1S/C27H28ClFN2O/c1-5-31-25-15-24(29)19(14-22(25)18(2)16-27(31,3)4)17-30-20-10-12-21(13-11-20)32-26-9-7-6-8-23(26)28/h6-15,17-18H,5,16H2,1-4H3. The molecule has 0 fully saturated rings. The average molecular weight is 451 g/mol. The molecule has 0 saturated heterocycles. The van der Waals surface area contributed by atoms with Crippen molar-refractivity contribution in [2.75, 3.05) is 11.4 Å². The molecular weight excluding hydrogens is 423 g/mol. The molecule has 0 aromatic heterocycles. The van der Waals surface area contributed by atoms with Gasteiger partial charge in [0.05, 0.1) is 10.7 Å². The number of ether oxygens (including phenoxy) is 1. The predicted molar refractivity (Wildman–Crippen MR) is 132 cm³/mol. The van der Waals surface area contributed by atoms with E-state index in [1.807, 2.05) is 48.5 Å². The van der Waals surface area contributed by atoms with E-state index in [9.17, 15) is 4.39 Å². The van der Waals surface area contributed by atoms with Crippen molar-refractivity contribution in [3.8, 4) is 11.5 Å². The van der Waals surface area contributed by atoms with E-state index in [0.717, 1.165) is 24.3 Å². The minimum absolute atomic E-state index is 0.0109. The van der Waals surface area contributed by atoms with E-state index in [4.69, 9.17) is 16.3 Å². The average Bonchev–Trinajstić information content (AvgIpc) is 2.75. The highest BCUT2D eigenvalue weighted by Crippen LogP contribution is 2.44. The van der Waals surface area contributed by atoms with Crippen LogP contribution >= 0.6 is 11.6 Å². The molecule has 0 amide bonds. The zero-order valence-corrected chi connectivity index (χ0v) is 19.7. The second-order valence-corrected chi connectivity index (χ2v) is 9.29. The molecule has 166 valence electrons. The lowest BCUT2D eigenvalue weighted by Gasteiger charge is -2.47. The molecule has 1 atom stereocenters. The van der Waals surface area contributed by atoms with E-state index in [0.29, 0.717) is 28.0 Å². The van der Waals surface area contributed by atoms with Gasteiger partial charge in [-0.2, -0.15) is 0 Å². The number of fused-ring (bicyclic) bond motifs is 1. The summed E-state index contributed by atoms with van der Waals surface area (Å²) in [7, 11) is 0. The van der Waals surface area contributed by atoms with Gasteiger partial charge in [0.1, 0.15) is 17.3 Å². The molecule has 1 aliphatic rings. The third kappa shape index (κ3) is 4.51. The van der Waals surface area contributed by atoms with E-state index in [1.165, 1.54) is 5.56 Å². The van der Waals surface area contributed by atoms with Crippen molar-refractivity contribution in [2.24, 2.45) is 4.99 Å². The van der Waals surface area contributed by atoms with Gasteiger partial charge in [-0.1, -0.05) is 30.7 Å². The summed E-state index contributed by atoms with van der Waals surface area (Å²) >= 11 is 6.15. The summed E-state index contributed by atoms with van der Waals surface area (Å²) in [5.74, 6) is 1.36. The number of rotatable bonds is 5. The molecule has 1 aliphatic heterocycles. The van der Waals surface area contributed by atoms with Crippen molar-refractivity contribution in [1.29, 1.82) is 0 Å². The first-order chi connectivity index (χ1) is 15.3. The summed E-state index contributed by atoms with van der Waals surface area (Å²) in [5, 5.41) is 0.553. The Morgan fingerprint density at radius 1 is 1.16 bits per heavy atom. The Balaban J connectivity index is 1.55. The Morgan fingerprint density at radius 3 is 2.56 bits per heavy atom. The van der Waals surface area contributed by atoms with E-state index < -0.39 is 0 Å². The first-order valence-corrected chi connectivity index (χ1v) is 11.3. The van der Waals surface area contributed by atoms with Crippen molar-refractivity contribution in [3.63, 3.8) is 0 Å². The van der Waals surface area contributed by atoms with Crippen LogP contribution in [-0.2, 0) is 0 Å². The van der Waals surface area contributed by atoms with Crippen LogP contribution in [0.15, 0.2) is 65.7 Å². The van der Waals surface area contributed by atoms with Crippen molar-refractivity contribution in [2.45, 2.75) is 45.6 Å². The number of hydrogen-bond acceptors (Lipinski definition) is 3. The fraction of sp³-hybridized carbons (Fsp3) is 0.296. The fourth-order valence-electron chi connectivity index (χ4n) is 4.62. The number of anilines is 1. The molecule has 0 aliphatic carbocycles. The molecule has 0 saturated carbocycles. The highest BCUT2D eigenvalue weighted by atomic mass is 35.5. The van der Waals surface area contributed by atoms with E-state index in [2.05, 4.69) is 37.6 Å². The van der Waals surface area contributed by atoms with E-state index in [1.54, 1.807) is 18.3 Å². The van der Waals surface area contributed by atoms with Crippen molar-refractivity contribution in [1.82, 2.24) is 0 Å². The molecule has 0 N–H and O–H groups in total. The molecule has 0 radical (unpaired) electrons. The Morgan fingerprint density at radius 2 is 1.88 bits per heavy atom. The number of halogens is 2. The van der Waals surface area contributed by atoms with Crippen LogP contribution in [0.1, 0.15) is 51.2 Å². The number of aliphatic imine (C=N–C) groups is 1. The van der Waals surface area contributed by atoms with Crippen molar-refractivity contribution >= 4 is 29.2 Å². The van der Waals surface area contributed by atoms with Gasteiger partial charge >= 0.3 is 0 Å². The van der Waals surface area contributed by atoms with Crippen LogP contribution in [0.5, 0.6) is 11.5 Å². The molecule has 1 heterocycles. The molecule has 3 aromatic carbocycles. The number of hydrogen-bond donors (Lipinski definition) is 0. The summed E-state index contributed by atoms with van der Waals surface area (Å²) in [6.45, 7) is 9.63. The molecule has 1 unspecified atom stereocenters. The monoisotopic (exact) mass is 450 g/mol. The lowest BCUT2D eigenvalue weighted by Crippen LogP contribution is -2.48. The van der Waals surface area contributed by atoms with Crippen molar-refractivity contribution < 1.29 is 9.13 Å². The predicted octanol–water partition coefficient (Wildman–Crippen LogP) is 8.13. The molecule has 3 nitrogen and oxygen atoms in total. The van der Waals surface area contributed by atoms with Gasteiger partial charge in [0, 0.05) is 29.5 Å². The summed E-state index contributed by atoms with van der Waals surface area (Å²) in [5.41, 5.74) is 3.40. The minimum Gasteiger partial charge on any atom is -0.456 e. The second kappa shape index (κ2) is 8.95. The second-order valence-electron chi connectivity index (χ2n) is 8.88. The first-order valence-electron chi connectivity index (χ1n) is 11.0. The Labute approximate surface area is 194 Å². The zero-order chi connectivity index (χ0) is 22.9. The Kier molecular flexibility index (Phi) is 6.25. The van der Waals surface area contributed by atoms with Gasteiger partial charge in [-0.3, -0.25) is 4.99 Å². The van der Waals surface area contributed by atoms with E-state index >= 15 is 0 Å². The minimum atomic E-state index is -0.255. The van der Waals surface area contributed by atoms with Gasteiger partial charge in [-0.15, -0.1) is 0 Å². The summed E-state index contributed by atoms with van der Waals surface area (Å²) in [4.78, 5) is 6.78. The largest absolute Gasteiger partial charge is 0.456 e. The van der Waals surface area contributed by atoms with Crippen LogP contribution in [-0.4, -0.2) is 18.3 Å². The maximum atomic E-state index is 15.0. The van der Waals surface area contributed by atoms with Crippen molar-refractivity contribution in [3.05, 3.63) is 82.6 Å². The number of para-hydroxylation sites is 1. The number of nitrogens with zero attached hydrogens (tertiary/aromatic N) is 2. The normalized spacial score (nSPS) is 17.4. The van der Waals surface area contributed by atoms with Gasteiger partial charge in [0.25, 0.3) is 0 Å². The van der Waals surface area contributed by atoms with Gasteiger partial charge in [0.15, 0.2) is 0 Å². The summed E-state index contributed by atoms with van der Waals surface area (Å²) in [6, 6.07) is 18.3. The van der Waals surface area contributed by atoms with Crippen LogP contribution < -0.4 is 9.64 Å². The lowest BCUT2D eigenvalue weighted by molar-refractivity contribution is 0.380. The Hall–Kier alpha value is -2.85. The van der Waals surface area contributed by atoms with Crippen LogP contribution in [0.2, 0.25) is 5.02 Å². The fourth-order valence-corrected chi connectivity index (χ4v) is 4.79. The molecule has 32 heavy (non-hydrogen) atoms. The smallest absolute Gasteiger partial charge is 0.146 e. The van der Waals surface area contributed by atoms with Crippen LogP contribution in [0.4, 0.5) is 15.8 Å². The summed E-state index contributed by atoms with van der Waals surface area (Å²) < 4.78 is 20.8. The number of benzene rings is 3. The van der Waals surface area contributed by atoms with Crippen LogP contribution in [0, 0.1) is 5.82 Å².